The van der Waals surface area contributed by atoms with Crippen LogP contribution in [0.5, 0.6) is 0 Å². The molecule has 1 heterocycles. The lowest BCUT2D eigenvalue weighted by molar-refractivity contribution is -0.0350. The average molecular weight is 201 g/mol. The normalized spacial score (nSPS) is 23.8. The van der Waals surface area contributed by atoms with Crippen LogP contribution in [0.3, 0.4) is 0 Å². The Kier molecular flexibility index (Phi) is 4.85. The highest BCUT2D eigenvalue weighted by Crippen LogP contribution is 2.17. The van der Waals surface area contributed by atoms with E-state index in [1.54, 1.807) is 0 Å². The molecule has 0 aromatic carbocycles. The van der Waals surface area contributed by atoms with E-state index in [9.17, 15) is 0 Å². The molecule has 1 aliphatic rings. The van der Waals surface area contributed by atoms with Gasteiger partial charge in [-0.2, -0.15) is 0 Å². The first-order valence-electron chi connectivity index (χ1n) is 5.48. The lowest BCUT2D eigenvalue weighted by Crippen LogP contribution is -2.41. The summed E-state index contributed by atoms with van der Waals surface area (Å²) in [4.78, 5) is 0. The highest BCUT2D eigenvalue weighted by atomic mass is 16.5. The lowest BCUT2D eigenvalue weighted by atomic mass is 9.93. The van der Waals surface area contributed by atoms with Gasteiger partial charge in [0.15, 0.2) is 0 Å². The van der Waals surface area contributed by atoms with Crippen LogP contribution in [0.1, 0.15) is 27.2 Å². The zero-order valence-corrected chi connectivity index (χ0v) is 9.64. The van der Waals surface area contributed by atoms with Crippen molar-refractivity contribution in [1.82, 2.24) is 5.32 Å². The van der Waals surface area contributed by atoms with E-state index in [0.29, 0.717) is 5.41 Å². The molecule has 0 amide bonds. The molecule has 3 nitrogen and oxygen atoms in total. The summed E-state index contributed by atoms with van der Waals surface area (Å²) in [5.41, 5.74) is 0.367. The van der Waals surface area contributed by atoms with Gasteiger partial charge in [0.05, 0.1) is 19.3 Å². The van der Waals surface area contributed by atoms with Crippen molar-refractivity contribution >= 4 is 0 Å². The van der Waals surface area contributed by atoms with E-state index in [2.05, 4.69) is 26.1 Å². The number of rotatable bonds is 4. The Bertz CT molecular complexity index is 148. The van der Waals surface area contributed by atoms with E-state index < -0.39 is 0 Å². The molecule has 0 saturated carbocycles. The quantitative estimate of drug-likeness (QED) is 0.698. The summed E-state index contributed by atoms with van der Waals surface area (Å²) in [6, 6.07) is 0. The van der Waals surface area contributed by atoms with Gasteiger partial charge in [-0.25, -0.2) is 0 Å². The third-order valence-electron chi connectivity index (χ3n) is 2.30. The Balaban J connectivity index is 1.97. The largest absolute Gasteiger partial charge is 0.379 e. The van der Waals surface area contributed by atoms with E-state index >= 15 is 0 Å². The van der Waals surface area contributed by atoms with Crippen LogP contribution in [0.2, 0.25) is 0 Å². The first kappa shape index (κ1) is 12.0. The fraction of sp³-hybridized carbons (Fsp3) is 1.00. The minimum Gasteiger partial charge on any atom is -0.379 e. The summed E-state index contributed by atoms with van der Waals surface area (Å²) in [6.45, 7) is 11.0. The van der Waals surface area contributed by atoms with Crippen LogP contribution >= 0.6 is 0 Å². The maximum atomic E-state index is 5.58. The monoisotopic (exact) mass is 201 g/mol. The Labute approximate surface area is 87.2 Å². The first-order valence-corrected chi connectivity index (χ1v) is 5.48. The molecule has 1 aliphatic heterocycles. The topological polar surface area (TPSA) is 30.5 Å². The standard InChI is InChI=1S/C11H23NO2/c1-11(2,3)4-6-13-9-10-8-12-5-7-14-10/h10,12H,4-9H2,1-3H3. The van der Waals surface area contributed by atoms with E-state index in [0.717, 1.165) is 39.3 Å². The SMILES string of the molecule is CC(C)(C)CCOCC1CNCCO1. The van der Waals surface area contributed by atoms with Crippen LogP contribution in [-0.4, -0.2) is 39.0 Å². The smallest absolute Gasteiger partial charge is 0.0933 e. The fourth-order valence-corrected chi connectivity index (χ4v) is 1.32. The van der Waals surface area contributed by atoms with Gasteiger partial charge in [0.1, 0.15) is 0 Å². The summed E-state index contributed by atoms with van der Waals surface area (Å²) < 4.78 is 11.1. The summed E-state index contributed by atoms with van der Waals surface area (Å²) in [5.74, 6) is 0. The molecule has 1 saturated heterocycles. The Hall–Kier alpha value is -0.120. The van der Waals surface area contributed by atoms with E-state index in [4.69, 9.17) is 9.47 Å². The van der Waals surface area contributed by atoms with Gasteiger partial charge in [0.25, 0.3) is 0 Å². The summed E-state index contributed by atoms with van der Waals surface area (Å²) in [7, 11) is 0. The molecule has 0 aromatic rings. The maximum absolute atomic E-state index is 5.58. The molecule has 1 fully saturated rings. The van der Waals surface area contributed by atoms with E-state index in [1.807, 2.05) is 0 Å². The second-order valence-electron chi connectivity index (χ2n) is 5.08. The summed E-state index contributed by atoms with van der Waals surface area (Å²) in [6.07, 6.45) is 1.36. The minimum absolute atomic E-state index is 0.253. The van der Waals surface area contributed by atoms with E-state index in [-0.39, 0.29) is 6.10 Å². The number of morpholine rings is 1. The number of hydrogen-bond donors (Lipinski definition) is 1. The molecular weight excluding hydrogens is 178 g/mol. The van der Waals surface area contributed by atoms with Crippen molar-refractivity contribution in [3.05, 3.63) is 0 Å². The first-order chi connectivity index (χ1) is 6.58. The zero-order valence-electron chi connectivity index (χ0n) is 9.64. The van der Waals surface area contributed by atoms with Gasteiger partial charge in [-0.05, 0) is 11.8 Å². The van der Waals surface area contributed by atoms with Crippen LogP contribution in [0.15, 0.2) is 0 Å². The third kappa shape index (κ3) is 5.58. The molecule has 84 valence electrons. The molecule has 14 heavy (non-hydrogen) atoms. The van der Waals surface area contributed by atoms with Gasteiger partial charge in [-0.3, -0.25) is 0 Å². The summed E-state index contributed by atoms with van der Waals surface area (Å²) in [5, 5.41) is 3.29. The van der Waals surface area contributed by atoms with Crippen LogP contribution in [0.25, 0.3) is 0 Å². The van der Waals surface area contributed by atoms with Crippen molar-refractivity contribution in [3.63, 3.8) is 0 Å². The fourth-order valence-electron chi connectivity index (χ4n) is 1.32. The van der Waals surface area contributed by atoms with Crippen LogP contribution in [0, 0.1) is 5.41 Å². The second-order valence-corrected chi connectivity index (χ2v) is 5.08. The Morgan fingerprint density at radius 3 is 2.79 bits per heavy atom. The van der Waals surface area contributed by atoms with Crippen LogP contribution in [0.4, 0.5) is 0 Å². The van der Waals surface area contributed by atoms with Crippen molar-refractivity contribution in [3.8, 4) is 0 Å². The van der Waals surface area contributed by atoms with Crippen molar-refractivity contribution < 1.29 is 9.47 Å². The van der Waals surface area contributed by atoms with Crippen LogP contribution < -0.4 is 5.32 Å². The number of nitrogens with one attached hydrogen (secondary N) is 1. The maximum Gasteiger partial charge on any atom is 0.0933 e. The van der Waals surface area contributed by atoms with Crippen molar-refractivity contribution in [2.45, 2.75) is 33.3 Å². The Morgan fingerprint density at radius 1 is 1.43 bits per heavy atom. The molecule has 1 unspecified atom stereocenters. The van der Waals surface area contributed by atoms with Crippen molar-refractivity contribution in [1.29, 1.82) is 0 Å². The molecule has 0 aromatic heterocycles. The average Bonchev–Trinajstić information content (AvgIpc) is 2.13. The highest BCUT2D eigenvalue weighted by Gasteiger charge is 2.14. The third-order valence-corrected chi connectivity index (χ3v) is 2.30. The molecule has 3 heteroatoms. The van der Waals surface area contributed by atoms with Gasteiger partial charge in [-0.1, -0.05) is 20.8 Å². The summed E-state index contributed by atoms with van der Waals surface area (Å²) >= 11 is 0. The van der Waals surface area contributed by atoms with Gasteiger partial charge in [0, 0.05) is 19.7 Å². The second kappa shape index (κ2) is 5.69. The molecule has 0 spiro atoms. The van der Waals surface area contributed by atoms with E-state index in [1.165, 1.54) is 0 Å². The van der Waals surface area contributed by atoms with Gasteiger partial charge < -0.3 is 14.8 Å². The molecule has 0 bridgehead atoms. The highest BCUT2D eigenvalue weighted by molar-refractivity contribution is 4.66. The van der Waals surface area contributed by atoms with Crippen molar-refractivity contribution in [2.75, 3.05) is 32.9 Å². The minimum atomic E-state index is 0.253. The molecule has 1 rings (SSSR count). The predicted molar refractivity (Wildman–Crippen MR) is 57.5 cm³/mol. The zero-order chi connectivity index (χ0) is 10.4. The number of hydrogen-bond acceptors (Lipinski definition) is 3. The molecule has 1 N–H and O–H groups in total. The molecule has 1 atom stereocenters. The molecule has 0 aliphatic carbocycles. The predicted octanol–water partition coefficient (Wildman–Crippen LogP) is 1.43. The molecular formula is C11H23NO2. The Morgan fingerprint density at radius 2 is 2.21 bits per heavy atom. The van der Waals surface area contributed by atoms with Crippen LogP contribution in [-0.2, 0) is 9.47 Å². The lowest BCUT2D eigenvalue weighted by Gasteiger charge is -2.24. The van der Waals surface area contributed by atoms with Gasteiger partial charge in [0.2, 0.25) is 0 Å². The van der Waals surface area contributed by atoms with Gasteiger partial charge >= 0.3 is 0 Å². The molecule has 0 radical (unpaired) electrons. The van der Waals surface area contributed by atoms with Gasteiger partial charge in [-0.15, -0.1) is 0 Å². The van der Waals surface area contributed by atoms with Crippen molar-refractivity contribution in [2.24, 2.45) is 5.41 Å². The number of ether oxygens (including phenoxy) is 2.